The molecule has 0 saturated carbocycles. The highest BCUT2D eigenvalue weighted by Crippen LogP contribution is 2.11. The van der Waals surface area contributed by atoms with Gasteiger partial charge in [-0.3, -0.25) is 0 Å². The van der Waals surface area contributed by atoms with Crippen molar-refractivity contribution in [2.24, 2.45) is 0 Å². The lowest BCUT2D eigenvalue weighted by molar-refractivity contribution is 0.446. The van der Waals surface area contributed by atoms with Crippen LogP contribution in [0.25, 0.3) is 0 Å². The maximum absolute atomic E-state index is 11.7. The Hall–Kier alpha value is -0.640. The van der Waals surface area contributed by atoms with Crippen molar-refractivity contribution in [3.8, 4) is 5.88 Å². The molecule has 0 fully saturated rings. The molecule has 1 rings (SSSR count). The van der Waals surface area contributed by atoms with E-state index in [1.807, 2.05) is 0 Å². The number of halogens is 1. The van der Waals surface area contributed by atoms with Gasteiger partial charge in [0.25, 0.3) is 5.26 Å². The first-order valence-corrected chi connectivity index (χ1v) is 2.47. The molecular formula is C4H6FNOS. The molecular weight excluding hydrogens is 129 g/mol. The van der Waals surface area contributed by atoms with E-state index < -0.39 is 5.26 Å². The van der Waals surface area contributed by atoms with Gasteiger partial charge in [-0.2, -0.15) is 9.37 Å². The van der Waals surface area contributed by atoms with Crippen LogP contribution in [0, 0.1) is 5.26 Å². The maximum Gasteiger partial charge on any atom is 0.272 e. The van der Waals surface area contributed by atoms with Crippen LogP contribution >= 0.6 is 11.3 Å². The minimum Gasteiger partial charge on any atom is -0.493 e. The molecule has 4 heteroatoms. The lowest BCUT2D eigenvalue weighted by atomic mass is 10.9. The van der Waals surface area contributed by atoms with Crippen LogP contribution in [0.2, 0.25) is 0 Å². The fourth-order valence-corrected chi connectivity index (χ4v) is 0.646. The number of hydrogen-bond acceptors (Lipinski definition) is 3. The van der Waals surface area contributed by atoms with Crippen molar-refractivity contribution in [3.63, 3.8) is 0 Å². The van der Waals surface area contributed by atoms with Crippen molar-refractivity contribution in [2.45, 2.75) is 7.43 Å². The van der Waals surface area contributed by atoms with Crippen molar-refractivity contribution in [1.82, 2.24) is 4.98 Å². The van der Waals surface area contributed by atoms with E-state index in [9.17, 15) is 4.39 Å². The van der Waals surface area contributed by atoms with Crippen LogP contribution in [0.5, 0.6) is 5.88 Å². The Labute approximate surface area is 50.6 Å². The van der Waals surface area contributed by atoms with Crippen LogP contribution in [-0.2, 0) is 0 Å². The van der Waals surface area contributed by atoms with Crippen molar-refractivity contribution in [1.29, 1.82) is 0 Å². The van der Waals surface area contributed by atoms with Gasteiger partial charge in [-0.25, -0.2) is 0 Å². The summed E-state index contributed by atoms with van der Waals surface area (Å²) in [5, 5.41) is 8.94. The van der Waals surface area contributed by atoms with E-state index >= 15 is 0 Å². The molecule has 0 unspecified atom stereocenters. The van der Waals surface area contributed by atoms with Gasteiger partial charge in [-0.1, -0.05) is 18.8 Å². The summed E-state index contributed by atoms with van der Waals surface area (Å²) in [5.74, 6) is -0.248. The summed E-state index contributed by atoms with van der Waals surface area (Å²) in [7, 11) is 0. The van der Waals surface area contributed by atoms with Crippen LogP contribution < -0.4 is 0 Å². The zero-order valence-corrected chi connectivity index (χ0v) is 4.07. The Balaban J connectivity index is 0.000000490. The van der Waals surface area contributed by atoms with E-state index in [1.54, 1.807) is 0 Å². The molecule has 0 spiro atoms. The molecule has 1 aromatic rings. The third kappa shape index (κ3) is 1.46. The van der Waals surface area contributed by atoms with Gasteiger partial charge in [-0.05, 0) is 0 Å². The van der Waals surface area contributed by atoms with Crippen LogP contribution in [0.15, 0.2) is 5.38 Å². The molecule has 0 bridgehead atoms. The number of aromatic nitrogens is 1. The quantitative estimate of drug-likeness (QED) is 0.586. The maximum atomic E-state index is 11.7. The Kier molecular flexibility index (Phi) is 2.41. The zero-order valence-electron chi connectivity index (χ0n) is 3.26. The molecule has 8 heavy (non-hydrogen) atoms. The summed E-state index contributed by atoms with van der Waals surface area (Å²) < 4.78 is 11.7. The summed E-state index contributed by atoms with van der Waals surface area (Å²) in [5.41, 5.74) is 0. The normalized spacial score (nSPS) is 8.12. The largest absolute Gasteiger partial charge is 0.493 e. The topological polar surface area (TPSA) is 33.1 Å². The fraction of sp³-hybridized carbons (Fsp3) is 0.250. The van der Waals surface area contributed by atoms with E-state index in [1.165, 1.54) is 5.38 Å². The molecule has 0 aliphatic rings. The highest BCUT2D eigenvalue weighted by atomic mass is 32.1. The number of hydrogen-bond donors (Lipinski definition) is 1. The predicted molar refractivity (Wildman–Crippen MR) is 30.5 cm³/mol. The van der Waals surface area contributed by atoms with Crippen LogP contribution in [0.4, 0.5) is 4.39 Å². The van der Waals surface area contributed by atoms with Crippen molar-refractivity contribution in [3.05, 3.63) is 10.6 Å². The van der Waals surface area contributed by atoms with E-state index in [0.29, 0.717) is 0 Å². The predicted octanol–water partition coefficient (Wildman–Crippen LogP) is 1.62. The van der Waals surface area contributed by atoms with E-state index in [-0.39, 0.29) is 13.3 Å². The van der Waals surface area contributed by atoms with Gasteiger partial charge in [0, 0.05) is 0 Å². The van der Waals surface area contributed by atoms with Crippen LogP contribution in [0.3, 0.4) is 0 Å². The Morgan fingerprint density at radius 3 is 2.50 bits per heavy atom. The van der Waals surface area contributed by atoms with Gasteiger partial charge in [-0.15, -0.1) is 0 Å². The van der Waals surface area contributed by atoms with Gasteiger partial charge in [0.05, 0.1) is 5.38 Å². The second kappa shape index (κ2) is 2.61. The van der Waals surface area contributed by atoms with Gasteiger partial charge < -0.3 is 5.11 Å². The van der Waals surface area contributed by atoms with Crippen molar-refractivity contribution < 1.29 is 9.50 Å². The monoisotopic (exact) mass is 135 g/mol. The molecule has 2 nitrogen and oxygen atoms in total. The van der Waals surface area contributed by atoms with E-state index in [0.717, 1.165) is 11.3 Å². The van der Waals surface area contributed by atoms with Crippen molar-refractivity contribution in [2.75, 3.05) is 0 Å². The second-order valence-corrected chi connectivity index (χ2v) is 1.77. The summed E-state index contributed by atoms with van der Waals surface area (Å²) in [6.45, 7) is 0. The summed E-state index contributed by atoms with van der Waals surface area (Å²) in [6.07, 6.45) is 0. The average Bonchev–Trinajstić information content (AvgIpc) is 1.87. The van der Waals surface area contributed by atoms with Gasteiger partial charge in [0.15, 0.2) is 0 Å². The Bertz CT molecular complexity index is 148. The molecule has 0 aliphatic carbocycles. The minimum atomic E-state index is -0.600. The van der Waals surface area contributed by atoms with Gasteiger partial charge >= 0.3 is 0 Å². The highest BCUT2D eigenvalue weighted by molar-refractivity contribution is 7.08. The summed E-state index contributed by atoms with van der Waals surface area (Å²) >= 11 is 0.777. The fourth-order valence-electron chi connectivity index (χ4n) is 0.244. The Morgan fingerprint density at radius 1 is 1.75 bits per heavy atom. The molecule has 0 radical (unpaired) electrons. The third-order valence-corrected chi connectivity index (χ3v) is 1.08. The first kappa shape index (κ1) is 7.36. The van der Waals surface area contributed by atoms with Gasteiger partial charge in [0.1, 0.15) is 0 Å². The van der Waals surface area contributed by atoms with E-state index in [2.05, 4.69) is 4.98 Å². The standard InChI is InChI=1S/C3H2FNOS.CH4/c4-3-5-2(6)1-7-3;/h1,6H;1H4. The lowest BCUT2D eigenvalue weighted by Gasteiger charge is -1.68. The molecule has 1 aromatic heterocycles. The van der Waals surface area contributed by atoms with Crippen molar-refractivity contribution >= 4 is 11.3 Å². The molecule has 0 amide bonds. The Morgan fingerprint density at radius 2 is 2.38 bits per heavy atom. The molecule has 1 N–H and O–H groups in total. The summed E-state index contributed by atoms with van der Waals surface area (Å²) in [6, 6.07) is 0. The molecule has 1 heterocycles. The van der Waals surface area contributed by atoms with E-state index in [4.69, 9.17) is 5.11 Å². The number of thiazole rings is 1. The summed E-state index contributed by atoms with van der Waals surface area (Å²) in [4.78, 5) is 3.02. The minimum absolute atomic E-state index is 0. The average molecular weight is 135 g/mol. The molecule has 46 valence electrons. The number of aromatic hydroxyl groups is 1. The molecule has 0 aliphatic heterocycles. The van der Waals surface area contributed by atoms with Crippen LogP contribution in [0.1, 0.15) is 7.43 Å². The lowest BCUT2D eigenvalue weighted by Crippen LogP contribution is -1.62. The zero-order chi connectivity index (χ0) is 5.28. The number of rotatable bonds is 0. The third-order valence-electron chi connectivity index (χ3n) is 0.464. The SMILES string of the molecule is C.Oc1csc(F)n1. The number of nitrogens with zero attached hydrogens (tertiary/aromatic N) is 1. The molecule has 0 aromatic carbocycles. The second-order valence-electron chi connectivity index (χ2n) is 0.959. The van der Waals surface area contributed by atoms with Crippen LogP contribution in [-0.4, -0.2) is 10.1 Å². The molecule has 0 saturated heterocycles. The first-order chi connectivity index (χ1) is 3.29. The smallest absolute Gasteiger partial charge is 0.272 e. The molecule has 0 atom stereocenters. The van der Waals surface area contributed by atoms with Gasteiger partial charge in [0.2, 0.25) is 5.88 Å². The first-order valence-electron chi connectivity index (χ1n) is 1.59. The highest BCUT2D eigenvalue weighted by Gasteiger charge is 1.93.